The minimum absolute atomic E-state index is 0.110. The number of alkyl halides is 1. The number of likely N-dealkylation sites (tertiary alicyclic amines) is 1. The molecule has 5 rings (SSSR count). The van der Waals surface area contributed by atoms with Gasteiger partial charge in [-0.05, 0) is 49.6 Å². The molecule has 240 valence electrons. The predicted molar refractivity (Wildman–Crippen MR) is 174 cm³/mol. The van der Waals surface area contributed by atoms with Gasteiger partial charge in [0.15, 0.2) is 0 Å². The number of nitrogens with one attached hydrogen (secondary N) is 1. The van der Waals surface area contributed by atoms with Crippen molar-refractivity contribution in [3.8, 4) is 0 Å². The van der Waals surface area contributed by atoms with Crippen molar-refractivity contribution in [1.82, 2.24) is 10.2 Å². The molecular weight excluding hydrogens is 642 g/mol. The molecule has 0 aromatic heterocycles. The molecule has 0 aliphatic carbocycles. The molecule has 2 bridgehead atoms. The van der Waals surface area contributed by atoms with Gasteiger partial charge in [-0.1, -0.05) is 58.4 Å². The topological polar surface area (TPSA) is 125 Å². The first-order valence-corrected chi connectivity index (χ1v) is 16.2. The second-order valence-electron chi connectivity index (χ2n) is 12.1. The third kappa shape index (κ3) is 5.93. The number of carbonyl (C=O) groups excluding carboxylic acids is 4. The lowest BCUT2D eigenvalue weighted by molar-refractivity contribution is -0.159. The van der Waals surface area contributed by atoms with Gasteiger partial charge in [0.1, 0.15) is 17.7 Å². The van der Waals surface area contributed by atoms with Crippen LogP contribution in [0, 0.1) is 11.8 Å². The maximum Gasteiger partial charge on any atom is 0.312 e. The van der Waals surface area contributed by atoms with Crippen LogP contribution >= 0.6 is 15.9 Å². The van der Waals surface area contributed by atoms with Crippen LogP contribution in [0.3, 0.4) is 0 Å². The van der Waals surface area contributed by atoms with Gasteiger partial charge in [0.25, 0.3) is 5.91 Å². The number of esters is 1. The Morgan fingerprint density at radius 3 is 2.62 bits per heavy atom. The van der Waals surface area contributed by atoms with Crippen molar-refractivity contribution in [2.45, 2.75) is 67.8 Å². The van der Waals surface area contributed by atoms with Crippen molar-refractivity contribution < 1.29 is 33.8 Å². The highest BCUT2D eigenvalue weighted by molar-refractivity contribution is 9.09. The third-order valence-corrected chi connectivity index (χ3v) is 9.92. The van der Waals surface area contributed by atoms with Gasteiger partial charge in [-0.25, -0.2) is 0 Å². The van der Waals surface area contributed by atoms with E-state index < -0.39 is 53.6 Å². The summed E-state index contributed by atoms with van der Waals surface area (Å²) in [6.45, 7) is 10.7. The maximum atomic E-state index is 14.7. The molecule has 1 unspecified atom stereocenters. The largest absolute Gasteiger partial charge is 0.460 e. The maximum absolute atomic E-state index is 14.7. The Kier molecular flexibility index (Phi) is 9.81. The highest BCUT2D eigenvalue weighted by atomic mass is 79.9. The predicted octanol–water partition coefficient (Wildman–Crippen LogP) is 3.50. The lowest BCUT2D eigenvalue weighted by Gasteiger charge is -2.38. The zero-order valence-electron chi connectivity index (χ0n) is 25.6. The molecule has 0 saturated carbocycles. The number of fused-ring (bicyclic) bond motifs is 2. The number of aliphatic hydroxyl groups excluding tert-OH is 1. The number of anilines is 1. The standard InChI is InChI=1S/C34H40BrN3O7/c1-5-7-12-26(40)36-18-21(4)44-33(43)27-28-31(41)38(20(3)19-39)30(34(28)17-25(35)29(27)45-34)32(42)37(15-6-2)24-14-13-22-10-8-9-11-23(22)16-24/h5-6,8-11,13-14,16,20-21,25,27-30,39H,1-2,7,12,15,17-19H2,3-4H3,(H,36,40)/t20-,21+,25?,27-,28+,29-,30-,34+/m1/s1. The molecule has 2 N–H and O–H groups in total. The average molecular weight is 683 g/mol. The van der Waals surface area contributed by atoms with Crippen molar-refractivity contribution in [3.63, 3.8) is 0 Å². The van der Waals surface area contributed by atoms with E-state index >= 15 is 0 Å². The van der Waals surface area contributed by atoms with E-state index in [1.54, 1.807) is 30.9 Å². The van der Waals surface area contributed by atoms with E-state index in [1.165, 1.54) is 4.90 Å². The lowest BCUT2D eigenvalue weighted by atomic mass is 9.70. The van der Waals surface area contributed by atoms with Crippen LogP contribution in [0.15, 0.2) is 67.8 Å². The van der Waals surface area contributed by atoms with Gasteiger partial charge in [-0.2, -0.15) is 0 Å². The molecule has 3 heterocycles. The number of ether oxygens (including phenoxy) is 2. The van der Waals surface area contributed by atoms with E-state index in [9.17, 15) is 24.3 Å². The van der Waals surface area contributed by atoms with Crippen LogP contribution in [0.5, 0.6) is 0 Å². The van der Waals surface area contributed by atoms with E-state index in [-0.39, 0.29) is 42.8 Å². The van der Waals surface area contributed by atoms with Gasteiger partial charge in [0, 0.05) is 23.5 Å². The van der Waals surface area contributed by atoms with Crippen LogP contribution in [-0.4, -0.2) is 88.1 Å². The summed E-state index contributed by atoms with van der Waals surface area (Å²) in [5.41, 5.74) is -0.691. The van der Waals surface area contributed by atoms with E-state index in [2.05, 4.69) is 34.4 Å². The number of halogens is 1. The van der Waals surface area contributed by atoms with Crippen LogP contribution in [0.25, 0.3) is 10.8 Å². The van der Waals surface area contributed by atoms with Gasteiger partial charge >= 0.3 is 5.97 Å². The Morgan fingerprint density at radius 2 is 1.93 bits per heavy atom. The number of benzene rings is 2. The fourth-order valence-electron chi connectivity index (χ4n) is 7.02. The number of allylic oxidation sites excluding steroid dienone is 1. The summed E-state index contributed by atoms with van der Waals surface area (Å²) in [4.78, 5) is 57.4. The minimum atomic E-state index is -1.32. The fourth-order valence-corrected chi connectivity index (χ4v) is 7.96. The number of rotatable bonds is 13. The van der Waals surface area contributed by atoms with Gasteiger partial charge in [0.05, 0.1) is 37.1 Å². The normalized spacial score (nSPS) is 28.0. The van der Waals surface area contributed by atoms with Gasteiger partial charge in [0.2, 0.25) is 11.8 Å². The molecule has 8 atom stereocenters. The second-order valence-corrected chi connectivity index (χ2v) is 13.3. The average Bonchev–Trinajstić information content (AvgIpc) is 3.63. The first kappa shape index (κ1) is 32.8. The molecule has 2 aromatic carbocycles. The highest BCUT2D eigenvalue weighted by Gasteiger charge is 2.77. The van der Waals surface area contributed by atoms with Crippen LogP contribution in [0.4, 0.5) is 5.69 Å². The van der Waals surface area contributed by atoms with Gasteiger partial charge in [-0.3, -0.25) is 19.2 Å². The summed E-state index contributed by atoms with van der Waals surface area (Å²) >= 11 is 3.67. The third-order valence-electron chi connectivity index (χ3n) is 9.07. The van der Waals surface area contributed by atoms with E-state index in [0.29, 0.717) is 18.5 Å². The van der Waals surface area contributed by atoms with Crippen molar-refractivity contribution in [2.75, 3.05) is 24.6 Å². The van der Waals surface area contributed by atoms with Crippen molar-refractivity contribution in [2.24, 2.45) is 11.8 Å². The Hall–Kier alpha value is -3.54. The summed E-state index contributed by atoms with van der Waals surface area (Å²) < 4.78 is 12.3. The second kappa shape index (κ2) is 13.4. The fraction of sp³-hybridized carbons (Fsp3) is 0.471. The summed E-state index contributed by atoms with van der Waals surface area (Å²) in [5, 5.41) is 14.9. The van der Waals surface area contributed by atoms with Gasteiger partial charge in [-0.15, -0.1) is 13.2 Å². The Balaban J connectivity index is 1.46. The van der Waals surface area contributed by atoms with Gasteiger partial charge < -0.3 is 29.7 Å². The zero-order valence-corrected chi connectivity index (χ0v) is 27.1. The molecule has 3 saturated heterocycles. The minimum Gasteiger partial charge on any atom is -0.460 e. The molecule has 1 spiro atoms. The van der Waals surface area contributed by atoms with Crippen molar-refractivity contribution in [1.29, 1.82) is 0 Å². The highest BCUT2D eigenvalue weighted by Crippen LogP contribution is 2.60. The van der Waals surface area contributed by atoms with E-state index in [0.717, 1.165) is 10.8 Å². The molecule has 0 radical (unpaired) electrons. The summed E-state index contributed by atoms with van der Waals surface area (Å²) in [5.74, 6) is -3.58. The summed E-state index contributed by atoms with van der Waals surface area (Å²) in [6, 6.07) is 11.7. The van der Waals surface area contributed by atoms with Crippen molar-refractivity contribution >= 4 is 56.1 Å². The Morgan fingerprint density at radius 1 is 1.20 bits per heavy atom. The van der Waals surface area contributed by atoms with Crippen LogP contribution < -0.4 is 10.2 Å². The molecule has 45 heavy (non-hydrogen) atoms. The molecule has 3 amide bonds. The quantitative estimate of drug-likeness (QED) is 0.188. The van der Waals surface area contributed by atoms with Crippen LogP contribution in [0.1, 0.15) is 33.1 Å². The smallest absolute Gasteiger partial charge is 0.312 e. The number of hydrogen-bond donors (Lipinski definition) is 2. The van der Waals surface area contributed by atoms with Crippen LogP contribution in [-0.2, 0) is 28.7 Å². The number of nitrogens with zero attached hydrogens (tertiary/aromatic N) is 2. The molecule has 3 aliphatic rings. The van der Waals surface area contributed by atoms with E-state index in [4.69, 9.17) is 9.47 Å². The number of hydrogen-bond acceptors (Lipinski definition) is 7. The number of amides is 3. The molecule has 3 fully saturated rings. The van der Waals surface area contributed by atoms with E-state index in [1.807, 2.05) is 42.5 Å². The first-order valence-electron chi connectivity index (χ1n) is 15.3. The van der Waals surface area contributed by atoms with Crippen molar-refractivity contribution in [3.05, 3.63) is 67.8 Å². The lowest BCUT2D eigenvalue weighted by Crippen LogP contribution is -2.58. The van der Waals surface area contributed by atoms with Crippen LogP contribution in [0.2, 0.25) is 0 Å². The number of carbonyl (C=O) groups is 4. The first-order chi connectivity index (χ1) is 21.6. The molecule has 3 aliphatic heterocycles. The Bertz CT molecular complexity index is 1500. The molecule has 2 aromatic rings. The Labute approximate surface area is 271 Å². The zero-order chi connectivity index (χ0) is 32.5. The number of aliphatic hydroxyl groups is 1. The monoisotopic (exact) mass is 681 g/mol. The summed E-state index contributed by atoms with van der Waals surface area (Å²) in [6.07, 6.45) is 3.05. The molecule has 11 heteroatoms. The molecule has 10 nitrogen and oxygen atoms in total. The molecular formula is C34H40BrN3O7. The SMILES string of the molecule is C=CCCC(=O)NC[C@H](C)OC(=O)[C@H]1[C@@H]2O[C@@]3(CC2Br)[C@@H]1C(=O)N([C@H](C)CO)[C@@H]3C(=O)N(CC=C)c1ccc2ccccc2c1. The summed E-state index contributed by atoms with van der Waals surface area (Å²) in [7, 11) is 0.